The molecule has 1 fully saturated rings. The summed E-state index contributed by atoms with van der Waals surface area (Å²) in [5, 5.41) is 0. The quantitative estimate of drug-likeness (QED) is 0.578. The van der Waals surface area contributed by atoms with Crippen LogP contribution in [0.1, 0.15) is 30.1 Å². The predicted octanol–water partition coefficient (Wildman–Crippen LogP) is 5.11. The average Bonchev–Trinajstić information content (AvgIpc) is 3.26. The van der Waals surface area contributed by atoms with Crippen LogP contribution in [0.3, 0.4) is 0 Å². The molecule has 0 heterocycles. The Bertz CT molecular complexity index is 763. The first-order valence-corrected chi connectivity index (χ1v) is 8.75. The number of benzene rings is 2. The van der Waals surface area contributed by atoms with E-state index >= 15 is 0 Å². The number of fused-ring (bicyclic) bond motifs is 2. The second-order valence-corrected chi connectivity index (χ2v) is 7.00. The molecule has 2 aliphatic rings. The van der Waals surface area contributed by atoms with Gasteiger partial charge >= 0.3 is 5.97 Å². The van der Waals surface area contributed by atoms with Crippen LogP contribution in [0, 0.1) is 17.8 Å². The minimum Gasteiger partial charge on any atom is -0.459 e. The van der Waals surface area contributed by atoms with Gasteiger partial charge in [-0.15, -0.1) is 0 Å². The van der Waals surface area contributed by atoms with E-state index in [2.05, 4.69) is 24.3 Å². The number of carbonyl (C=O) groups excluding carboxylic acids is 1. The fraction of sp³-hybridized carbons (Fsp3) is 0.318. The number of ether oxygens (including phenoxy) is 1. The highest BCUT2D eigenvalue weighted by Gasteiger charge is 2.39. The molecule has 2 nitrogen and oxygen atoms in total. The average molecular weight is 318 g/mol. The number of hydrogen-bond acceptors (Lipinski definition) is 2. The van der Waals surface area contributed by atoms with Crippen molar-refractivity contribution >= 4 is 5.97 Å². The lowest BCUT2D eigenvalue weighted by molar-refractivity contribution is 0.0160. The predicted molar refractivity (Wildman–Crippen MR) is 95.6 cm³/mol. The van der Waals surface area contributed by atoms with Crippen LogP contribution in [-0.4, -0.2) is 12.1 Å². The van der Waals surface area contributed by atoms with Crippen molar-refractivity contribution in [2.75, 3.05) is 0 Å². The van der Waals surface area contributed by atoms with E-state index in [9.17, 15) is 4.79 Å². The summed E-state index contributed by atoms with van der Waals surface area (Å²) in [6.45, 7) is 2.04. The first kappa shape index (κ1) is 15.2. The fourth-order valence-electron chi connectivity index (χ4n) is 4.14. The molecule has 0 radical (unpaired) electrons. The normalized spacial score (nSPS) is 25.6. The zero-order valence-corrected chi connectivity index (χ0v) is 13.9. The van der Waals surface area contributed by atoms with Gasteiger partial charge in [0.1, 0.15) is 6.10 Å². The Balaban J connectivity index is 1.48. The number of carbonyl (C=O) groups is 1. The number of hydrogen-bond donors (Lipinski definition) is 0. The van der Waals surface area contributed by atoms with Crippen LogP contribution in [-0.2, 0) is 4.74 Å². The van der Waals surface area contributed by atoms with E-state index in [4.69, 9.17) is 4.74 Å². The molecule has 1 saturated carbocycles. The molecule has 0 amide bonds. The van der Waals surface area contributed by atoms with Crippen molar-refractivity contribution < 1.29 is 9.53 Å². The van der Waals surface area contributed by atoms with Crippen LogP contribution in [0.15, 0.2) is 66.7 Å². The zero-order valence-electron chi connectivity index (χ0n) is 13.9. The van der Waals surface area contributed by atoms with Gasteiger partial charge in [-0.25, -0.2) is 4.79 Å². The third kappa shape index (κ3) is 2.89. The Morgan fingerprint density at radius 1 is 1.00 bits per heavy atom. The number of esters is 1. The second kappa shape index (κ2) is 6.27. The molecule has 122 valence electrons. The molecular formula is C22H22O2. The summed E-state index contributed by atoms with van der Waals surface area (Å²) in [5.74, 6) is 1.55. The summed E-state index contributed by atoms with van der Waals surface area (Å²) in [6, 6.07) is 17.8. The monoisotopic (exact) mass is 318 g/mol. The van der Waals surface area contributed by atoms with E-state index in [0.29, 0.717) is 23.3 Å². The standard InChI is InChI=1S/C22H22O2/c1-15(21-13-16-10-11-19(21)12-16)24-22(23)20-9-5-8-18(14-20)17-6-3-2-4-7-17/h2-11,14-16,19,21H,12-13H2,1H3. The Labute approximate surface area is 143 Å². The summed E-state index contributed by atoms with van der Waals surface area (Å²) in [4.78, 5) is 12.6. The molecule has 0 spiro atoms. The minimum atomic E-state index is -0.216. The SMILES string of the molecule is CC(OC(=O)c1cccc(-c2ccccc2)c1)C1CC2C=CC1C2. The summed E-state index contributed by atoms with van der Waals surface area (Å²) >= 11 is 0. The van der Waals surface area contributed by atoms with E-state index in [1.807, 2.05) is 49.4 Å². The van der Waals surface area contributed by atoms with Gasteiger partial charge in [0, 0.05) is 5.92 Å². The van der Waals surface area contributed by atoms with Gasteiger partial charge in [0.15, 0.2) is 0 Å². The molecule has 0 aromatic heterocycles. The molecule has 2 heteroatoms. The van der Waals surface area contributed by atoms with E-state index in [1.165, 1.54) is 6.42 Å². The number of allylic oxidation sites excluding steroid dienone is 2. The maximum Gasteiger partial charge on any atom is 0.338 e. The molecule has 2 aromatic carbocycles. The van der Waals surface area contributed by atoms with Crippen molar-refractivity contribution in [3.05, 3.63) is 72.3 Å². The smallest absolute Gasteiger partial charge is 0.338 e. The van der Waals surface area contributed by atoms with Crippen LogP contribution in [0.2, 0.25) is 0 Å². The highest BCUT2D eigenvalue weighted by atomic mass is 16.5. The molecule has 0 saturated heterocycles. The Hall–Kier alpha value is -2.35. The highest BCUT2D eigenvalue weighted by Crippen LogP contribution is 2.45. The van der Waals surface area contributed by atoms with Gasteiger partial charge in [-0.1, -0.05) is 54.6 Å². The van der Waals surface area contributed by atoms with Crippen molar-refractivity contribution in [1.82, 2.24) is 0 Å². The van der Waals surface area contributed by atoms with Crippen LogP contribution in [0.5, 0.6) is 0 Å². The molecule has 0 N–H and O–H groups in total. The van der Waals surface area contributed by atoms with E-state index in [1.54, 1.807) is 0 Å². The Morgan fingerprint density at radius 2 is 1.79 bits per heavy atom. The second-order valence-electron chi connectivity index (χ2n) is 7.00. The summed E-state index contributed by atoms with van der Waals surface area (Å²) in [6.07, 6.45) is 6.98. The topological polar surface area (TPSA) is 26.3 Å². The van der Waals surface area contributed by atoms with Crippen molar-refractivity contribution in [2.45, 2.75) is 25.9 Å². The summed E-state index contributed by atoms with van der Waals surface area (Å²) in [5.41, 5.74) is 2.78. The minimum absolute atomic E-state index is 0.0298. The van der Waals surface area contributed by atoms with Gasteiger partial charge in [-0.2, -0.15) is 0 Å². The van der Waals surface area contributed by atoms with Gasteiger partial charge in [-0.05, 0) is 54.9 Å². The van der Waals surface area contributed by atoms with Gasteiger partial charge in [0.2, 0.25) is 0 Å². The molecular weight excluding hydrogens is 296 g/mol. The van der Waals surface area contributed by atoms with Crippen LogP contribution in [0.25, 0.3) is 11.1 Å². The first-order valence-electron chi connectivity index (χ1n) is 8.75. The van der Waals surface area contributed by atoms with Gasteiger partial charge in [0.05, 0.1) is 5.56 Å². The lowest BCUT2D eigenvalue weighted by atomic mass is 9.89. The molecule has 2 bridgehead atoms. The Morgan fingerprint density at radius 3 is 2.50 bits per heavy atom. The lowest BCUT2D eigenvalue weighted by Crippen LogP contribution is -2.27. The highest BCUT2D eigenvalue weighted by molar-refractivity contribution is 5.91. The third-order valence-electron chi connectivity index (χ3n) is 5.43. The number of rotatable bonds is 4. The molecule has 2 aliphatic carbocycles. The van der Waals surface area contributed by atoms with Crippen molar-refractivity contribution in [2.24, 2.45) is 17.8 Å². The van der Waals surface area contributed by atoms with E-state index < -0.39 is 0 Å². The summed E-state index contributed by atoms with van der Waals surface area (Å²) < 4.78 is 5.79. The Kier molecular flexibility index (Phi) is 3.97. The van der Waals surface area contributed by atoms with Gasteiger partial charge < -0.3 is 4.74 Å². The maximum absolute atomic E-state index is 12.6. The molecule has 4 atom stereocenters. The van der Waals surface area contributed by atoms with Crippen molar-refractivity contribution in [3.63, 3.8) is 0 Å². The van der Waals surface area contributed by atoms with Crippen LogP contribution in [0.4, 0.5) is 0 Å². The first-order chi connectivity index (χ1) is 11.7. The summed E-state index contributed by atoms with van der Waals surface area (Å²) in [7, 11) is 0. The zero-order chi connectivity index (χ0) is 16.5. The van der Waals surface area contributed by atoms with Crippen molar-refractivity contribution in [1.29, 1.82) is 0 Å². The maximum atomic E-state index is 12.6. The lowest BCUT2D eigenvalue weighted by Gasteiger charge is -2.25. The molecule has 2 aromatic rings. The van der Waals surface area contributed by atoms with Crippen LogP contribution >= 0.6 is 0 Å². The van der Waals surface area contributed by atoms with E-state index in [0.717, 1.165) is 17.5 Å². The third-order valence-corrected chi connectivity index (χ3v) is 5.43. The molecule has 0 aliphatic heterocycles. The molecule has 24 heavy (non-hydrogen) atoms. The largest absolute Gasteiger partial charge is 0.459 e. The van der Waals surface area contributed by atoms with Crippen molar-refractivity contribution in [3.8, 4) is 11.1 Å². The van der Waals surface area contributed by atoms with Crippen LogP contribution < -0.4 is 0 Å². The molecule has 4 unspecified atom stereocenters. The van der Waals surface area contributed by atoms with E-state index in [-0.39, 0.29) is 12.1 Å². The molecule has 4 rings (SSSR count). The fourth-order valence-corrected chi connectivity index (χ4v) is 4.14. The van der Waals surface area contributed by atoms with Gasteiger partial charge in [0.25, 0.3) is 0 Å². The van der Waals surface area contributed by atoms with Gasteiger partial charge in [-0.3, -0.25) is 0 Å².